The van der Waals surface area contributed by atoms with E-state index in [-0.39, 0.29) is 6.10 Å². The van der Waals surface area contributed by atoms with E-state index >= 15 is 0 Å². The second kappa shape index (κ2) is 18.5. The summed E-state index contributed by atoms with van der Waals surface area (Å²) in [6.07, 6.45) is 24.9. The zero-order valence-corrected chi connectivity index (χ0v) is 15.1. The van der Waals surface area contributed by atoms with Gasteiger partial charge in [0.25, 0.3) is 0 Å². The fourth-order valence-corrected chi connectivity index (χ4v) is 2.85. The van der Waals surface area contributed by atoms with Crippen molar-refractivity contribution < 1.29 is 5.11 Å². The van der Waals surface area contributed by atoms with Crippen molar-refractivity contribution >= 4 is 0 Å². The van der Waals surface area contributed by atoms with Crippen LogP contribution in [-0.2, 0) is 0 Å². The second-order valence-corrected chi connectivity index (χ2v) is 6.57. The van der Waals surface area contributed by atoms with Gasteiger partial charge in [-0.3, -0.25) is 0 Å². The van der Waals surface area contributed by atoms with Gasteiger partial charge in [0.2, 0.25) is 0 Å². The zero-order chi connectivity index (χ0) is 16.3. The van der Waals surface area contributed by atoms with Gasteiger partial charge >= 0.3 is 0 Å². The molecule has 1 heteroatoms. The van der Waals surface area contributed by atoms with Crippen LogP contribution in [0.4, 0.5) is 0 Å². The molecule has 0 aromatic heterocycles. The highest BCUT2D eigenvalue weighted by atomic mass is 16.3. The summed E-state index contributed by atoms with van der Waals surface area (Å²) < 4.78 is 0. The van der Waals surface area contributed by atoms with Gasteiger partial charge in [-0.2, -0.15) is 0 Å². The molecule has 0 amide bonds. The molecule has 0 spiro atoms. The first-order valence-electron chi connectivity index (χ1n) is 9.76. The smallest absolute Gasteiger partial charge is 0.0540 e. The normalized spacial score (nSPS) is 12.8. The van der Waals surface area contributed by atoms with Crippen LogP contribution < -0.4 is 0 Å². The van der Waals surface area contributed by atoms with Crippen molar-refractivity contribution in [3.63, 3.8) is 0 Å². The van der Waals surface area contributed by atoms with Crippen molar-refractivity contribution in [2.75, 3.05) is 0 Å². The fraction of sp³-hybridized carbons (Fsp3) is 0.810. The predicted molar refractivity (Wildman–Crippen MR) is 100 cm³/mol. The third kappa shape index (κ3) is 17.5. The van der Waals surface area contributed by atoms with Crippen LogP contribution in [0.15, 0.2) is 24.8 Å². The summed E-state index contributed by atoms with van der Waals surface area (Å²) in [4.78, 5) is 0. The standard InChI is InChI=1S/C21H40O/c1-3-5-7-9-11-13-15-17-19-21(22)20-18-16-14-12-10-8-6-4-2/h3,5,7,21-22H,1,4,6,8-20H2,2H3. The average molecular weight is 309 g/mol. The quantitative estimate of drug-likeness (QED) is 0.227. The van der Waals surface area contributed by atoms with Gasteiger partial charge in [0.05, 0.1) is 6.10 Å². The van der Waals surface area contributed by atoms with Crippen molar-refractivity contribution in [2.45, 2.75) is 109 Å². The molecule has 0 saturated heterocycles. The predicted octanol–water partition coefficient (Wildman–Crippen LogP) is 6.96. The van der Waals surface area contributed by atoms with E-state index in [1.165, 1.54) is 77.0 Å². The maximum Gasteiger partial charge on any atom is 0.0540 e. The molecule has 0 radical (unpaired) electrons. The molecule has 22 heavy (non-hydrogen) atoms. The van der Waals surface area contributed by atoms with Gasteiger partial charge in [-0.1, -0.05) is 102 Å². The molecule has 130 valence electrons. The topological polar surface area (TPSA) is 20.2 Å². The van der Waals surface area contributed by atoms with Gasteiger partial charge in [-0.15, -0.1) is 0 Å². The fourth-order valence-electron chi connectivity index (χ4n) is 2.85. The van der Waals surface area contributed by atoms with Gasteiger partial charge < -0.3 is 5.11 Å². The Hall–Kier alpha value is -0.560. The Bertz CT molecular complexity index is 244. The maximum absolute atomic E-state index is 9.97. The number of hydrogen-bond acceptors (Lipinski definition) is 1. The number of allylic oxidation sites excluding steroid dienone is 3. The lowest BCUT2D eigenvalue weighted by molar-refractivity contribution is 0.147. The number of rotatable bonds is 17. The van der Waals surface area contributed by atoms with Crippen molar-refractivity contribution in [1.82, 2.24) is 0 Å². The van der Waals surface area contributed by atoms with Crippen LogP contribution in [0.1, 0.15) is 103 Å². The molecule has 1 nitrogen and oxygen atoms in total. The van der Waals surface area contributed by atoms with E-state index in [9.17, 15) is 5.11 Å². The van der Waals surface area contributed by atoms with Gasteiger partial charge in [0, 0.05) is 0 Å². The highest BCUT2D eigenvalue weighted by Crippen LogP contribution is 2.14. The summed E-state index contributed by atoms with van der Waals surface area (Å²) in [5, 5.41) is 9.97. The molecule has 0 rings (SSSR count). The summed E-state index contributed by atoms with van der Waals surface area (Å²) >= 11 is 0. The molecule has 0 aromatic rings. The monoisotopic (exact) mass is 308 g/mol. The Kier molecular flexibility index (Phi) is 18.0. The molecule has 0 aromatic carbocycles. The molecule has 0 aliphatic rings. The van der Waals surface area contributed by atoms with Crippen LogP contribution in [0.3, 0.4) is 0 Å². The molecular formula is C21H40O. The second-order valence-electron chi connectivity index (χ2n) is 6.57. The molecule has 0 aliphatic heterocycles. The largest absolute Gasteiger partial charge is 0.393 e. The molecule has 1 atom stereocenters. The van der Waals surface area contributed by atoms with E-state index in [0.29, 0.717) is 0 Å². The summed E-state index contributed by atoms with van der Waals surface area (Å²) in [5.74, 6) is 0. The van der Waals surface area contributed by atoms with E-state index in [4.69, 9.17) is 0 Å². The molecule has 0 aliphatic carbocycles. The van der Waals surface area contributed by atoms with E-state index in [1.54, 1.807) is 0 Å². The van der Waals surface area contributed by atoms with Crippen molar-refractivity contribution in [3.05, 3.63) is 24.8 Å². The van der Waals surface area contributed by atoms with Gasteiger partial charge in [0.1, 0.15) is 0 Å². The van der Waals surface area contributed by atoms with Crippen molar-refractivity contribution in [3.8, 4) is 0 Å². The van der Waals surface area contributed by atoms with E-state index < -0.39 is 0 Å². The lowest BCUT2D eigenvalue weighted by atomic mass is 10.0. The molecule has 1 unspecified atom stereocenters. The highest BCUT2D eigenvalue weighted by Gasteiger charge is 2.03. The van der Waals surface area contributed by atoms with Crippen LogP contribution in [0.2, 0.25) is 0 Å². The number of hydrogen-bond donors (Lipinski definition) is 1. The Morgan fingerprint density at radius 2 is 1.27 bits per heavy atom. The Labute approximate surface area is 139 Å². The SMILES string of the molecule is C=CC=CCCCCCCC(O)CCCCCCCCCC. The Morgan fingerprint density at radius 3 is 1.82 bits per heavy atom. The molecule has 0 fully saturated rings. The molecular weight excluding hydrogens is 268 g/mol. The van der Waals surface area contributed by atoms with Crippen LogP contribution in [0.5, 0.6) is 0 Å². The highest BCUT2D eigenvalue weighted by molar-refractivity contribution is 4.96. The molecule has 0 bridgehead atoms. The number of aliphatic hydroxyl groups excluding tert-OH is 1. The summed E-state index contributed by atoms with van der Waals surface area (Å²) in [5.41, 5.74) is 0. The lowest BCUT2D eigenvalue weighted by Gasteiger charge is -2.10. The van der Waals surface area contributed by atoms with Crippen LogP contribution in [0.25, 0.3) is 0 Å². The summed E-state index contributed by atoms with van der Waals surface area (Å²) in [6, 6.07) is 0. The van der Waals surface area contributed by atoms with Crippen molar-refractivity contribution in [2.24, 2.45) is 0 Å². The minimum atomic E-state index is -0.0549. The third-order valence-corrected chi connectivity index (χ3v) is 4.32. The third-order valence-electron chi connectivity index (χ3n) is 4.32. The molecule has 0 saturated carbocycles. The molecule has 1 N–H and O–H groups in total. The van der Waals surface area contributed by atoms with Gasteiger partial charge in [-0.25, -0.2) is 0 Å². The molecule has 0 heterocycles. The summed E-state index contributed by atoms with van der Waals surface area (Å²) in [7, 11) is 0. The Balaban J connectivity index is 3.17. The van der Waals surface area contributed by atoms with E-state index in [0.717, 1.165) is 19.3 Å². The summed E-state index contributed by atoms with van der Waals surface area (Å²) in [6.45, 7) is 5.93. The van der Waals surface area contributed by atoms with E-state index in [2.05, 4.69) is 19.6 Å². The average Bonchev–Trinajstić information content (AvgIpc) is 2.52. The van der Waals surface area contributed by atoms with Gasteiger partial charge in [0.15, 0.2) is 0 Å². The van der Waals surface area contributed by atoms with Crippen molar-refractivity contribution in [1.29, 1.82) is 0 Å². The van der Waals surface area contributed by atoms with Gasteiger partial charge in [-0.05, 0) is 25.7 Å². The first kappa shape index (κ1) is 21.4. The van der Waals surface area contributed by atoms with E-state index in [1.807, 2.05) is 12.2 Å². The van der Waals surface area contributed by atoms with Crippen LogP contribution >= 0.6 is 0 Å². The Morgan fingerprint density at radius 1 is 0.773 bits per heavy atom. The number of unbranched alkanes of at least 4 members (excludes halogenated alkanes) is 11. The van der Waals surface area contributed by atoms with Crippen LogP contribution in [0, 0.1) is 0 Å². The lowest BCUT2D eigenvalue weighted by Crippen LogP contribution is -2.05. The zero-order valence-electron chi connectivity index (χ0n) is 15.1. The minimum Gasteiger partial charge on any atom is -0.393 e. The minimum absolute atomic E-state index is 0.0549. The maximum atomic E-state index is 9.97. The number of aliphatic hydroxyl groups is 1. The first-order valence-corrected chi connectivity index (χ1v) is 9.76. The first-order chi connectivity index (χ1) is 10.8. The van der Waals surface area contributed by atoms with Crippen LogP contribution in [-0.4, -0.2) is 11.2 Å².